The van der Waals surface area contributed by atoms with E-state index in [0.29, 0.717) is 22.5 Å². The summed E-state index contributed by atoms with van der Waals surface area (Å²) in [6.45, 7) is 7.31. The Morgan fingerprint density at radius 3 is 2.26 bits per heavy atom. The van der Waals surface area contributed by atoms with Crippen molar-refractivity contribution in [2.24, 2.45) is 0 Å². The summed E-state index contributed by atoms with van der Waals surface area (Å²) >= 11 is 3.38. The van der Waals surface area contributed by atoms with Gasteiger partial charge in [0.25, 0.3) is 11.8 Å². The van der Waals surface area contributed by atoms with Crippen LogP contribution in [0.2, 0.25) is 0 Å². The minimum atomic E-state index is -0.614. The van der Waals surface area contributed by atoms with E-state index in [2.05, 4.69) is 26.6 Å². The fourth-order valence-corrected chi connectivity index (χ4v) is 3.46. The highest BCUT2D eigenvalue weighted by molar-refractivity contribution is 9.10. The average molecular weight is 430 g/mol. The molecule has 27 heavy (non-hydrogen) atoms. The molecule has 0 unspecified atom stereocenters. The van der Waals surface area contributed by atoms with Gasteiger partial charge in [0.1, 0.15) is 0 Å². The number of carbonyl (C=O) groups is 3. The lowest BCUT2D eigenvalue weighted by atomic mass is 10.1. The third-order valence-electron chi connectivity index (χ3n) is 4.25. The number of carbonyl (C=O) groups excluding carboxylic acids is 3. The predicted molar refractivity (Wildman–Crippen MR) is 108 cm³/mol. The predicted octanol–water partition coefficient (Wildman–Crippen LogP) is 4.80. The van der Waals surface area contributed by atoms with Crippen molar-refractivity contribution in [2.75, 3.05) is 10.6 Å². The SMILES string of the molecule is Cc1cc(Br)ccc1NC(=O)Nc1ccc2c(c1)C(=O)N(C(C)(C)C)C2=O. The number of benzene rings is 2. The Bertz CT molecular complexity index is 963. The zero-order valence-electron chi connectivity index (χ0n) is 15.5. The first-order chi connectivity index (χ1) is 12.6. The van der Waals surface area contributed by atoms with Gasteiger partial charge in [-0.2, -0.15) is 0 Å². The molecule has 0 atom stereocenters. The van der Waals surface area contributed by atoms with Gasteiger partial charge in [0.15, 0.2) is 0 Å². The molecule has 6 nitrogen and oxygen atoms in total. The number of halogens is 1. The molecule has 2 aromatic rings. The van der Waals surface area contributed by atoms with Gasteiger partial charge in [0, 0.05) is 21.4 Å². The summed E-state index contributed by atoms with van der Waals surface area (Å²) in [5.41, 5.74) is 2.07. The Hall–Kier alpha value is -2.67. The lowest BCUT2D eigenvalue weighted by Gasteiger charge is -2.29. The van der Waals surface area contributed by atoms with Gasteiger partial charge >= 0.3 is 6.03 Å². The number of rotatable bonds is 2. The second kappa shape index (κ2) is 6.81. The average Bonchev–Trinajstić information content (AvgIpc) is 2.81. The van der Waals surface area contributed by atoms with Crippen LogP contribution in [0.15, 0.2) is 40.9 Å². The van der Waals surface area contributed by atoms with E-state index in [0.717, 1.165) is 10.0 Å². The van der Waals surface area contributed by atoms with Crippen LogP contribution in [-0.4, -0.2) is 28.3 Å². The summed E-state index contributed by atoms with van der Waals surface area (Å²) < 4.78 is 0.927. The molecule has 2 aromatic carbocycles. The van der Waals surface area contributed by atoms with Gasteiger partial charge < -0.3 is 10.6 Å². The maximum atomic E-state index is 12.6. The zero-order valence-corrected chi connectivity index (χ0v) is 17.1. The molecule has 7 heteroatoms. The van der Waals surface area contributed by atoms with Crippen molar-refractivity contribution < 1.29 is 14.4 Å². The van der Waals surface area contributed by atoms with Crippen molar-refractivity contribution in [1.82, 2.24) is 4.90 Å². The van der Waals surface area contributed by atoms with Crippen LogP contribution in [0.25, 0.3) is 0 Å². The topological polar surface area (TPSA) is 78.5 Å². The summed E-state index contributed by atoms with van der Waals surface area (Å²) in [4.78, 5) is 38.7. The fourth-order valence-electron chi connectivity index (χ4n) is 2.98. The Morgan fingerprint density at radius 2 is 1.63 bits per heavy atom. The molecule has 0 bridgehead atoms. The van der Waals surface area contributed by atoms with Crippen molar-refractivity contribution in [3.8, 4) is 0 Å². The Labute approximate surface area is 166 Å². The third-order valence-corrected chi connectivity index (χ3v) is 4.75. The molecule has 140 valence electrons. The highest BCUT2D eigenvalue weighted by Gasteiger charge is 2.41. The quantitative estimate of drug-likeness (QED) is 0.673. The molecule has 1 aliphatic heterocycles. The van der Waals surface area contributed by atoms with E-state index < -0.39 is 11.6 Å². The number of anilines is 2. The number of aryl methyl sites for hydroxylation is 1. The van der Waals surface area contributed by atoms with Gasteiger partial charge in [0.2, 0.25) is 0 Å². The maximum Gasteiger partial charge on any atom is 0.323 e. The smallest absolute Gasteiger partial charge is 0.308 e. The summed E-state index contributed by atoms with van der Waals surface area (Å²) in [6, 6.07) is 9.83. The molecule has 1 heterocycles. The van der Waals surface area contributed by atoms with Crippen LogP contribution in [0.4, 0.5) is 16.2 Å². The number of urea groups is 1. The normalized spacial score (nSPS) is 13.6. The third kappa shape index (κ3) is 3.73. The minimum absolute atomic E-state index is 0.299. The van der Waals surface area contributed by atoms with Gasteiger partial charge in [-0.15, -0.1) is 0 Å². The van der Waals surface area contributed by atoms with Gasteiger partial charge in [0.05, 0.1) is 11.1 Å². The molecule has 2 N–H and O–H groups in total. The van der Waals surface area contributed by atoms with E-state index in [4.69, 9.17) is 0 Å². The maximum absolute atomic E-state index is 12.6. The van der Waals surface area contributed by atoms with Crippen molar-refractivity contribution in [2.45, 2.75) is 33.2 Å². The Morgan fingerprint density at radius 1 is 0.963 bits per heavy atom. The first-order valence-corrected chi connectivity index (χ1v) is 9.24. The largest absolute Gasteiger partial charge is 0.323 e. The highest BCUT2D eigenvalue weighted by atomic mass is 79.9. The lowest BCUT2D eigenvalue weighted by molar-refractivity contribution is 0.0507. The molecular formula is C20H20BrN3O3. The fraction of sp³-hybridized carbons (Fsp3) is 0.250. The number of fused-ring (bicyclic) bond motifs is 1. The number of amides is 4. The zero-order chi connectivity index (χ0) is 19.9. The summed E-state index contributed by atoms with van der Waals surface area (Å²) in [5.74, 6) is -0.667. The van der Waals surface area contributed by atoms with Crippen LogP contribution in [0.1, 0.15) is 47.1 Å². The van der Waals surface area contributed by atoms with Crippen LogP contribution >= 0.6 is 15.9 Å². The minimum Gasteiger partial charge on any atom is -0.308 e. The van der Waals surface area contributed by atoms with Crippen molar-refractivity contribution >= 4 is 45.2 Å². The molecule has 4 amide bonds. The summed E-state index contributed by atoms with van der Waals surface area (Å²) in [7, 11) is 0. The number of hydrogen-bond acceptors (Lipinski definition) is 3. The molecule has 0 fully saturated rings. The molecular weight excluding hydrogens is 410 g/mol. The van der Waals surface area contributed by atoms with E-state index in [-0.39, 0.29) is 11.8 Å². The van der Waals surface area contributed by atoms with E-state index in [1.54, 1.807) is 18.2 Å². The standard InChI is InChI=1S/C20H20BrN3O3/c1-11-9-12(21)5-8-16(11)23-19(27)22-13-6-7-14-15(10-13)18(26)24(17(14)25)20(2,3)4/h5-10H,1-4H3,(H2,22,23,27). The van der Waals surface area contributed by atoms with E-state index in [1.165, 1.54) is 11.0 Å². The van der Waals surface area contributed by atoms with Crippen molar-refractivity contribution in [3.63, 3.8) is 0 Å². The van der Waals surface area contributed by atoms with Gasteiger partial charge in [-0.05, 0) is 69.7 Å². The monoisotopic (exact) mass is 429 g/mol. The van der Waals surface area contributed by atoms with E-state index in [1.807, 2.05) is 39.8 Å². The second-order valence-electron chi connectivity index (χ2n) is 7.42. The van der Waals surface area contributed by atoms with E-state index in [9.17, 15) is 14.4 Å². The van der Waals surface area contributed by atoms with Gasteiger partial charge in [-0.3, -0.25) is 14.5 Å². The van der Waals surface area contributed by atoms with E-state index >= 15 is 0 Å². The highest BCUT2D eigenvalue weighted by Crippen LogP contribution is 2.31. The van der Waals surface area contributed by atoms with Gasteiger partial charge in [-0.25, -0.2) is 4.79 Å². The Kier molecular flexibility index (Phi) is 4.82. The van der Waals surface area contributed by atoms with Crippen LogP contribution in [0.5, 0.6) is 0 Å². The first kappa shape index (κ1) is 19.1. The molecule has 0 saturated carbocycles. The summed E-state index contributed by atoms with van der Waals surface area (Å²) in [5, 5.41) is 5.48. The number of imide groups is 1. The van der Waals surface area contributed by atoms with Crippen LogP contribution in [0, 0.1) is 6.92 Å². The first-order valence-electron chi connectivity index (χ1n) is 8.45. The summed E-state index contributed by atoms with van der Waals surface area (Å²) in [6.07, 6.45) is 0. The molecule has 0 saturated heterocycles. The van der Waals surface area contributed by atoms with Crippen LogP contribution in [0.3, 0.4) is 0 Å². The van der Waals surface area contributed by atoms with Gasteiger partial charge in [-0.1, -0.05) is 15.9 Å². The molecule has 0 radical (unpaired) electrons. The second-order valence-corrected chi connectivity index (χ2v) is 8.33. The molecule has 0 aromatic heterocycles. The Balaban J connectivity index is 1.79. The number of nitrogens with one attached hydrogen (secondary N) is 2. The van der Waals surface area contributed by atoms with Crippen molar-refractivity contribution in [1.29, 1.82) is 0 Å². The number of nitrogens with zero attached hydrogens (tertiary/aromatic N) is 1. The lowest BCUT2D eigenvalue weighted by Crippen LogP contribution is -2.45. The number of hydrogen-bond donors (Lipinski definition) is 2. The molecule has 0 spiro atoms. The van der Waals surface area contributed by atoms with Crippen LogP contribution < -0.4 is 10.6 Å². The van der Waals surface area contributed by atoms with Crippen molar-refractivity contribution in [3.05, 3.63) is 57.6 Å². The molecule has 1 aliphatic rings. The molecule has 3 rings (SSSR count). The molecule has 0 aliphatic carbocycles. The van der Waals surface area contributed by atoms with Crippen LogP contribution in [-0.2, 0) is 0 Å².